The number of halogens is 1. The van der Waals surface area contributed by atoms with E-state index >= 15 is 0 Å². The lowest BCUT2D eigenvalue weighted by molar-refractivity contribution is 0.0500. The first-order valence-corrected chi connectivity index (χ1v) is 8.96. The minimum atomic E-state index is -0.461. The predicted molar refractivity (Wildman–Crippen MR) is 98.2 cm³/mol. The van der Waals surface area contributed by atoms with Gasteiger partial charge in [-0.1, -0.05) is 15.9 Å². The van der Waals surface area contributed by atoms with Crippen molar-refractivity contribution >= 4 is 27.7 Å². The third kappa shape index (κ3) is 5.13. The number of hydrogen-bond donors (Lipinski definition) is 1. The molecule has 1 N–H and O–H groups in total. The van der Waals surface area contributed by atoms with Crippen LogP contribution in [0.2, 0.25) is 0 Å². The molecule has 1 aromatic carbocycles. The maximum atomic E-state index is 12.0. The van der Waals surface area contributed by atoms with Crippen LogP contribution in [-0.4, -0.2) is 30.8 Å². The number of nitrogens with one attached hydrogen (secondary N) is 1. The molecule has 1 amide bonds. The van der Waals surface area contributed by atoms with Gasteiger partial charge in [0.1, 0.15) is 5.60 Å². The van der Waals surface area contributed by atoms with Crippen molar-refractivity contribution < 1.29 is 9.53 Å². The first-order chi connectivity index (χ1) is 10.7. The molecule has 0 radical (unpaired) electrons. The summed E-state index contributed by atoms with van der Waals surface area (Å²) in [6.45, 7) is 11.8. The summed E-state index contributed by atoms with van der Waals surface area (Å²) >= 11 is 3.55. The third-order valence-electron chi connectivity index (χ3n) is 3.91. The summed E-state index contributed by atoms with van der Waals surface area (Å²) in [5.41, 5.74) is 3.34. The van der Waals surface area contributed by atoms with E-state index in [2.05, 4.69) is 52.1 Å². The molecule has 0 saturated carbocycles. The Bertz CT molecular complexity index is 558. The zero-order valence-electron chi connectivity index (χ0n) is 14.7. The number of benzene rings is 1. The highest BCUT2D eigenvalue weighted by molar-refractivity contribution is 9.10. The van der Waals surface area contributed by atoms with Crippen LogP contribution in [0.1, 0.15) is 44.7 Å². The molecule has 1 saturated heterocycles. The zero-order chi connectivity index (χ0) is 17.2. The normalized spacial score (nSPS) is 18.7. The fourth-order valence-corrected chi connectivity index (χ4v) is 3.86. The molecule has 1 aliphatic heterocycles. The van der Waals surface area contributed by atoms with Gasteiger partial charge in [-0.15, -0.1) is 0 Å². The molecule has 1 fully saturated rings. The predicted octanol–water partition coefficient (Wildman–Crippen LogP) is 4.56. The summed E-state index contributed by atoms with van der Waals surface area (Å²) in [4.78, 5) is 14.4. The number of ether oxygens (including phenoxy) is 1. The van der Waals surface area contributed by atoms with Crippen molar-refractivity contribution in [2.45, 2.75) is 59.1 Å². The van der Waals surface area contributed by atoms with Crippen LogP contribution in [0.25, 0.3) is 0 Å². The second-order valence-electron chi connectivity index (χ2n) is 7.32. The molecule has 0 bridgehead atoms. The Hall–Kier alpha value is -1.23. The van der Waals surface area contributed by atoms with Crippen molar-refractivity contribution in [1.29, 1.82) is 0 Å². The van der Waals surface area contributed by atoms with E-state index < -0.39 is 5.60 Å². The molecule has 1 aliphatic rings. The Kier molecular flexibility index (Phi) is 5.61. The van der Waals surface area contributed by atoms with Crippen LogP contribution >= 0.6 is 15.9 Å². The van der Waals surface area contributed by atoms with Crippen LogP contribution in [0.3, 0.4) is 0 Å². The van der Waals surface area contributed by atoms with Crippen LogP contribution in [0.4, 0.5) is 10.5 Å². The molecule has 128 valence electrons. The Labute approximate surface area is 147 Å². The third-order valence-corrected chi connectivity index (χ3v) is 4.37. The number of piperidine rings is 1. The Morgan fingerprint density at radius 3 is 2.48 bits per heavy atom. The van der Waals surface area contributed by atoms with Crippen LogP contribution < -0.4 is 10.2 Å². The summed E-state index contributed by atoms with van der Waals surface area (Å²) in [5.74, 6) is 0. The smallest absolute Gasteiger partial charge is 0.407 e. The molecule has 0 aliphatic carbocycles. The van der Waals surface area contributed by atoms with Gasteiger partial charge in [-0.2, -0.15) is 0 Å². The van der Waals surface area contributed by atoms with Gasteiger partial charge in [0.15, 0.2) is 0 Å². The van der Waals surface area contributed by atoms with Crippen molar-refractivity contribution in [2.75, 3.05) is 18.0 Å². The second kappa shape index (κ2) is 7.12. The molecule has 5 heteroatoms. The Morgan fingerprint density at radius 1 is 1.30 bits per heavy atom. The van der Waals surface area contributed by atoms with E-state index in [1.54, 1.807) is 0 Å². The van der Waals surface area contributed by atoms with E-state index in [4.69, 9.17) is 4.74 Å². The minimum absolute atomic E-state index is 0.126. The van der Waals surface area contributed by atoms with Crippen LogP contribution in [0.5, 0.6) is 0 Å². The number of carbonyl (C=O) groups excluding carboxylic acids is 1. The fraction of sp³-hybridized carbons (Fsp3) is 0.611. The number of anilines is 1. The highest BCUT2D eigenvalue weighted by Crippen LogP contribution is 2.30. The molecular formula is C18H27BrN2O2. The molecule has 0 aromatic heterocycles. The number of amides is 1. The molecule has 1 unspecified atom stereocenters. The van der Waals surface area contributed by atoms with Gasteiger partial charge >= 0.3 is 6.09 Å². The molecule has 2 rings (SSSR count). The van der Waals surface area contributed by atoms with Gasteiger partial charge in [0.05, 0.1) is 0 Å². The van der Waals surface area contributed by atoms with E-state index in [0.717, 1.165) is 30.4 Å². The van der Waals surface area contributed by atoms with Crippen molar-refractivity contribution in [2.24, 2.45) is 0 Å². The number of nitrogens with zero attached hydrogens (tertiary/aromatic N) is 1. The van der Waals surface area contributed by atoms with Gasteiger partial charge in [0.2, 0.25) is 0 Å². The van der Waals surface area contributed by atoms with E-state index in [9.17, 15) is 4.79 Å². The number of carbonyl (C=O) groups is 1. The lowest BCUT2D eigenvalue weighted by Crippen LogP contribution is -2.49. The van der Waals surface area contributed by atoms with Gasteiger partial charge in [-0.3, -0.25) is 0 Å². The largest absolute Gasteiger partial charge is 0.444 e. The van der Waals surface area contributed by atoms with Gasteiger partial charge < -0.3 is 15.0 Å². The summed E-state index contributed by atoms with van der Waals surface area (Å²) in [6, 6.07) is 4.42. The van der Waals surface area contributed by atoms with Crippen LogP contribution in [0, 0.1) is 13.8 Å². The quantitative estimate of drug-likeness (QED) is 0.814. The number of aryl methyl sites for hydroxylation is 2. The maximum absolute atomic E-state index is 12.0. The first-order valence-electron chi connectivity index (χ1n) is 8.17. The van der Waals surface area contributed by atoms with Gasteiger partial charge in [0, 0.05) is 29.3 Å². The molecule has 1 atom stereocenters. The highest BCUT2D eigenvalue weighted by Gasteiger charge is 2.25. The van der Waals surface area contributed by atoms with Gasteiger partial charge in [0.25, 0.3) is 0 Å². The minimum Gasteiger partial charge on any atom is -0.444 e. The van der Waals surface area contributed by atoms with E-state index in [-0.39, 0.29) is 12.1 Å². The Balaban J connectivity index is 2.05. The van der Waals surface area contributed by atoms with Crippen molar-refractivity contribution in [3.05, 3.63) is 27.7 Å². The van der Waals surface area contributed by atoms with Crippen LogP contribution in [-0.2, 0) is 4.74 Å². The highest BCUT2D eigenvalue weighted by atomic mass is 79.9. The summed E-state index contributed by atoms with van der Waals surface area (Å²) in [7, 11) is 0. The maximum Gasteiger partial charge on any atom is 0.407 e. The molecule has 1 heterocycles. The average Bonchev–Trinajstić information content (AvgIpc) is 2.35. The lowest BCUT2D eigenvalue weighted by Gasteiger charge is -2.36. The first kappa shape index (κ1) is 18.1. The lowest BCUT2D eigenvalue weighted by atomic mass is 10.0. The van der Waals surface area contributed by atoms with E-state index in [1.807, 2.05) is 20.8 Å². The van der Waals surface area contributed by atoms with Crippen molar-refractivity contribution in [3.8, 4) is 0 Å². The van der Waals surface area contributed by atoms with E-state index in [0.29, 0.717) is 0 Å². The van der Waals surface area contributed by atoms with Crippen LogP contribution in [0.15, 0.2) is 16.6 Å². The molecule has 1 aromatic rings. The molecule has 4 nitrogen and oxygen atoms in total. The van der Waals surface area contributed by atoms with Gasteiger partial charge in [-0.25, -0.2) is 4.79 Å². The summed E-state index contributed by atoms with van der Waals surface area (Å²) in [6.07, 6.45) is 1.73. The summed E-state index contributed by atoms with van der Waals surface area (Å²) < 4.78 is 6.48. The Morgan fingerprint density at radius 2 is 1.91 bits per heavy atom. The van der Waals surface area contributed by atoms with Crippen molar-refractivity contribution in [3.63, 3.8) is 0 Å². The topological polar surface area (TPSA) is 41.6 Å². The standard InChI is InChI=1S/C18H27BrN2O2/c1-12-9-14(19)10-13(2)16(12)21-8-6-7-15(11-21)20-17(22)23-18(3,4)5/h9-10,15H,6-8,11H2,1-5H3,(H,20,22). The molecular weight excluding hydrogens is 356 g/mol. The molecule has 0 spiro atoms. The zero-order valence-corrected chi connectivity index (χ0v) is 16.3. The van der Waals surface area contributed by atoms with Gasteiger partial charge in [-0.05, 0) is 70.7 Å². The number of alkyl carbamates (subject to hydrolysis) is 1. The van der Waals surface area contributed by atoms with E-state index in [1.165, 1.54) is 16.8 Å². The average molecular weight is 383 g/mol. The monoisotopic (exact) mass is 382 g/mol. The summed E-state index contributed by atoms with van der Waals surface area (Å²) in [5, 5.41) is 3.01. The number of rotatable bonds is 2. The molecule has 23 heavy (non-hydrogen) atoms. The number of hydrogen-bond acceptors (Lipinski definition) is 3. The second-order valence-corrected chi connectivity index (χ2v) is 8.24. The SMILES string of the molecule is Cc1cc(Br)cc(C)c1N1CCCC(NC(=O)OC(C)(C)C)C1. The fourth-order valence-electron chi connectivity index (χ4n) is 3.17. The van der Waals surface area contributed by atoms with Crippen molar-refractivity contribution in [1.82, 2.24) is 5.32 Å².